The summed E-state index contributed by atoms with van der Waals surface area (Å²) in [6, 6.07) is 0. The zero-order valence-electron chi connectivity index (χ0n) is 5.09. The molecule has 0 aromatic rings. The molecule has 0 fully saturated rings. The highest BCUT2D eigenvalue weighted by Crippen LogP contribution is 1.76. The lowest BCUT2D eigenvalue weighted by Gasteiger charge is -1.90. The molecule has 0 atom stereocenters. The summed E-state index contributed by atoms with van der Waals surface area (Å²) in [4.78, 5) is 0. The van der Waals surface area contributed by atoms with Crippen LogP contribution in [0.5, 0.6) is 0 Å². The molecular weight excluding hydrogens is 104 g/mol. The maximum Gasteiger partial charge on any atom is 0.0632 e. The normalized spacial score (nSPS) is 10.6. The van der Waals surface area contributed by atoms with Crippen molar-refractivity contribution in [2.45, 2.75) is 6.42 Å². The van der Waals surface area contributed by atoms with Crippen molar-refractivity contribution in [3.05, 3.63) is 0 Å². The molecule has 0 aliphatic carbocycles. The molecule has 0 bridgehead atoms. The van der Waals surface area contributed by atoms with Crippen LogP contribution in [0.1, 0.15) is 6.42 Å². The molecule has 0 aliphatic rings. The summed E-state index contributed by atoms with van der Waals surface area (Å²) in [6.45, 7) is 1.69. The first-order chi connectivity index (χ1) is 3.91. The van der Waals surface area contributed by atoms with Crippen LogP contribution in [0, 0.1) is 0 Å². The summed E-state index contributed by atoms with van der Waals surface area (Å²) < 4.78 is 0. The number of nitrogens with two attached hydrogens (primary N) is 1. The number of nitrogens with one attached hydrogen (secondary N) is 1. The fourth-order valence-corrected chi connectivity index (χ4v) is 0.384. The first-order valence-electron chi connectivity index (χ1n) is 2.63. The van der Waals surface area contributed by atoms with Gasteiger partial charge in [0, 0.05) is 0 Å². The first-order valence-corrected chi connectivity index (χ1v) is 2.63. The van der Waals surface area contributed by atoms with Gasteiger partial charge in [0.05, 0.1) is 6.54 Å². The summed E-state index contributed by atoms with van der Waals surface area (Å²) in [5.41, 5.74) is 0. The Morgan fingerprint density at radius 3 is 2.88 bits per heavy atom. The van der Waals surface area contributed by atoms with Gasteiger partial charge in [-0.3, -0.25) is 0 Å². The van der Waals surface area contributed by atoms with E-state index in [0.717, 1.165) is 19.5 Å². The Morgan fingerprint density at radius 2 is 2.38 bits per heavy atom. The van der Waals surface area contributed by atoms with Crippen molar-refractivity contribution in [1.29, 1.82) is 0 Å². The zero-order valence-corrected chi connectivity index (χ0v) is 5.09. The Balaban J connectivity index is 2.72. The molecule has 4 heteroatoms. The summed E-state index contributed by atoms with van der Waals surface area (Å²) in [7, 11) is 1.90. The third-order valence-electron chi connectivity index (χ3n) is 0.767. The van der Waals surface area contributed by atoms with Crippen LogP contribution in [0.3, 0.4) is 0 Å². The third kappa shape index (κ3) is 5.36. The lowest BCUT2D eigenvalue weighted by Crippen LogP contribution is -2.08. The van der Waals surface area contributed by atoms with Gasteiger partial charge in [0.15, 0.2) is 0 Å². The van der Waals surface area contributed by atoms with Crippen LogP contribution in [0.2, 0.25) is 0 Å². The Morgan fingerprint density at radius 1 is 1.62 bits per heavy atom. The number of hydrogen-bond donors (Lipinski definition) is 2. The van der Waals surface area contributed by atoms with Crippen molar-refractivity contribution in [3.63, 3.8) is 0 Å². The second kappa shape index (κ2) is 6.36. The van der Waals surface area contributed by atoms with Crippen LogP contribution in [-0.2, 0) is 0 Å². The van der Waals surface area contributed by atoms with E-state index in [9.17, 15) is 0 Å². The Kier molecular flexibility index (Phi) is 5.85. The minimum atomic E-state index is 0.720. The molecular formula is C4H12N4. The molecule has 4 nitrogen and oxygen atoms in total. The minimum absolute atomic E-state index is 0.720. The zero-order chi connectivity index (χ0) is 6.24. The highest BCUT2D eigenvalue weighted by molar-refractivity contribution is 4.41. The van der Waals surface area contributed by atoms with Gasteiger partial charge in [-0.25, -0.2) is 0 Å². The van der Waals surface area contributed by atoms with E-state index in [1.807, 2.05) is 7.05 Å². The number of rotatable bonds is 4. The highest BCUT2D eigenvalue weighted by Gasteiger charge is 1.78. The summed E-state index contributed by atoms with van der Waals surface area (Å²) >= 11 is 0. The highest BCUT2D eigenvalue weighted by atomic mass is 15.3. The van der Waals surface area contributed by atoms with Gasteiger partial charge >= 0.3 is 0 Å². The quantitative estimate of drug-likeness (QED) is 0.233. The smallest absolute Gasteiger partial charge is 0.0632 e. The van der Waals surface area contributed by atoms with Crippen LogP contribution in [0.25, 0.3) is 0 Å². The van der Waals surface area contributed by atoms with E-state index < -0.39 is 0 Å². The van der Waals surface area contributed by atoms with Gasteiger partial charge in [-0.2, -0.15) is 5.11 Å². The van der Waals surface area contributed by atoms with Crippen LogP contribution in [0.15, 0.2) is 10.3 Å². The van der Waals surface area contributed by atoms with Gasteiger partial charge in [0.2, 0.25) is 0 Å². The van der Waals surface area contributed by atoms with Crippen molar-refractivity contribution >= 4 is 0 Å². The maximum atomic E-state index is 4.75. The molecule has 0 amide bonds. The van der Waals surface area contributed by atoms with Gasteiger partial charge in [0.1, 0.15) is 0 Å². The second-order valence-electron chi connectivity index (χ2n) is 1.44. The SMILES string of the molecule is CNCCCN=NN. The average Bonchev–Trinajstić information content (AvgIpc) is 1.81. The number of nitrogens with zero attached hydrogens (tertiary/aromatic N) is 2. The van der Waals surface area contributed by atoms with Crippen LogP contribution >= 0.6 is 0 Å². The minimum Gasteiger partial charge on any atom is -0.320 e. The number of hydrogen-bond acceptors (Lipinski definition) is 3. The van der Waals surface area contributed by atoms with E-state index >= 15 is 0 Å². The third-order valence-corrected chi connectivity index (χ3v) is 0.767. The van der Waals surface area contributed by atoms with Gasteiger partial charge < -0.3 is 11.2 Å². The van der Waals surface area contributed by atoms with E-state index in [0.29, 0.717) is 0 Å². The van der Waals surface area contributed by atoms with Crippen molar-refractivity contribution in [3.8, 4) is 0 Å². The molecule has 8 heavy (non-hydrogen) atoms. The Hall–Kier alpha value is -0.640. The van der Waals surface area contributed by atoms with Crippen molar-refractivity contribution < 1.29 is 0 Å². The molecule has 0 aromatic heterocycles. The fourth-order valence-electron chi connectivity index (χ4n) is 0.384. The predicted molar refractivity (Wildman–Crippen MR) is 32.5 cm³/mol. The van der Waals surface area contributed by atoms with E-state index in [4.69, 9.17) is 5.84 Å². The van der Waals surface area contributed by atoms with Crippen molar-refractivity contribution in [1.82, 2.24) is 5.32 Å². The lowest BCUT2D eigenvalue weighted by molar-refractivity contribution is 0.712. The van der Waals surface area contributed by atoms with Gasteiger partial charge in [-0.1, -0.05) is 5.22 Å². The monoisotopic (exact) mass is 116 g/mol. The Labute approximate surface area is 49.1 Å². The van der Waals surface area contributed by atoms with Gasteiger partial charge in [-0.05, 0) is 20.0 Å². The molecule has 0 unspecified atom stereocenters. The molecule has 48 valence electrons. The van der Waals surface area contributed by atoms with Gasteiger partial charge in [-0.15, -0.1) is 0 Å². The standard InChI is InChI=1S/C4H12N4/c1-6-3-2-4-7-8-5/h6H,2-4H2,1H3,(H2,5,7). The molecule has 0 saturated carbocycles. The topological polar surface area (TPSA) is 62.8 Å². The van der Waals surface area contributed by atoms with E-state index in [1.165, 1.54) is 0 Å². The average molecular weight is 116 g/mol. The van der Waals surface area contributed by atoms with Crippen molar-refractivity contribution in [2.75, 3.05) is 20.1 Å². The second-order valence-corrected chi connectivity index (χ2v) is 1.44. The largest absolute Gasteiger partial charge is 0.320 e. The van der Waals surface area contributed by atoms with Crippen molar-refractivity contribution in [2.24, 2.45) is 16.2 Å². The molecule has 0 heterocycles. The van der Waals surface area contributed by atoms with E-state index in [1.54, 1.807) is 0 Å². The first kappa shape index (κ1) is 7.36. The fraction of sp³-hybridized carbons (Fsp3) is 1.00. The molecule has 0 spiro atoms. The summed E-state index contributed by atoms with van der Waals surface area (Å²) in [5, 5.41) is 9.66. The van der Waals surface area contributed by atoms with Crippen LogP contribution in [0.4, 0.5) is 0 Å². The molecule has 0 aliphatic heterocycles. The molecule has 0 radical (unpaired) electrons. The molecule has 0 rings (SSSR count). The van der Waals surface area contributed by atoms with Crippen LogP contribution in [-0.4, -0.2) is 20.1 Å². The lowest BCUT2D eigenvalue weighted by atomic mass is 10.4. The molecule has 0 aromatic carbocycles. The maximum absolute atomic E-state index is 4.75. The Bertz CT molecular complexity index is 61.1. The van der Waals surface area contributed by atoms with E-state index in [-0.39, 0.29) is 0 Å². The van der Waals surface area contributed by atoms with E-state index in [2.05, 4.69) is 15.7 Å². The predicted octanol–water partition coefficient (Wildman–Crippen LogP) is -0.0782. The summed E-state index contributed by atoms with van der Waals surface area (Å²) in [5.74, 6) is 4.75. The molecule has 0 saturated heterocycles. The summed E-state index contributed by atoms with van der Waals surface area (Å²) in [6.07, 6.45) is 0.997. The molecule has 3 N–H and O–H groups in total. The van der Waals surface area contributed by atoms with Crippen LogP contribution < -0.4 is 11.2 Å². The van der Waals surface area contributed by atoms with Gasteiger partial charge in [0.25, 0.3) is 0 Å².